The molecule has 0 spiro atoms. The highest BCUT2D eigenvalue weighted by Gasteiger charge is 2.25. The number of unbranched alkanes of at least 4 members (excludes halogenated alkanes) is 1. The molecule has 0 radical (unpaired) electrons. The second kappa shape index (κ2) is 10.5. The lowest BCUT2D eigenvalue weighted by atomic mass is 9.94. The van der Waals surface area contributed by atoms with Gasteiger partial charge in [-0.25, -0.2) is 0 Å². The first-order chi connectivity index (χ1) is 14.9. The summed E-state index contributed by atoms with van der Waals surface area (Å²) in [4.78, 5) is 9.33. The van der Waals surface area contributed by atoms with Gasteiger partial charge in [0.2, 0.25) is 0 Å². The molecular weight excluding hydrogens is 404 g/mol. The number of rotatable bonds is 4. The van der Waals surface area contributed by atoms with E-state index in [2.05, 4.69) is 55.0 Å². The third-order valence-corrected chi connectivity index (χ3v) is 6.76. The molecule has 31 heavy (non-hydrogen) atoms. The Morgan fingerprint density at radius 3 is 2.52 bits per heavy atom. The lowest BCUT2D eigenvalue weighted by molar-refractivity contribution is 0.152. The minimum atomic E-state index is -0.0984. The van der Waals surface area contributed by atoms with Crippen LogP contribution in [-0.4, -0.2) is 40.6 Å². The number of hydrogen-bond donors (Lipinski definition) is 1. The second-order valence-corrected chi connectivity index (χ2v) is 9.06. The number of allylic oxidation sites excluding steroid dienone is 1. The zero-order valence-electron chi connectivity index (χ0n) is 19.4. The van der Waals surface area contributed by atoms with E-state index in [0.717, 1.165) is 71.1 Å². The summed E-state index contributed by atoms with van der Waals surface area (Å²) in [7, 11) is 0. The molecular formula is C26H37ClN4. The van der Waals surface area contributed by atoms with Gasteiger partial charge in [-0.05, 0) is 49.8 Å². The predicted molar refractivity (Wildman–Crippen MR) is 134 cm³/mol. The third kappa shape index (κ3) is 5.24. The lowest BCUT2D eigenvalue weighted by Gasteiger charge is -2.42. The quantitative estimate of drug-likeness (QED) is 0.635. The zero-order valence-corrected chi connectivity index (χ0v) is 20.1. The second-order valence-electron chi connectivity index (χ2n) is 8.68. The Morgan fingerprint density at radius 1 is 1.16 bits per heavy atom. The number of halogens is 1. The Kier molecular flexibility index (Phi) is 8.01. The van der Waals surface area contributed by atoms with Crippen LogP contribution < -0.4 is 5.73 Å². The predicted octanol–water partition coefficient (Wildman–Crippen LogP) is 5.98. The number of fused-ring (bicyclic) bond motifs is 2. The van der Waals surface area contributed by atoms with Gasteiger partial charge < -0.3 is 15.5 Å². The molecule has 5 heteroatoms. The van der Waals surface area contributed by atoms with E-state index < -0.39 is 0 Å². The Morgan fingerprint density at radius 2 is 1.87 bits per heavy atom. The van der Waals surface area contributed by atoms with Crippen molar-refractivity contribution in [3.63, 3.8) is 0 Å². The molecule has 1 saturated heterocycles. The Hall–Kier alpha value is -2.04. The van der Waals surface area contributed by atoms with Gasteiger partial charge in [-0.2, -0.15) is 0 Å². The summed E-state index contributed by atoms with van der Waals surface area (Å²) in [5.41, 5.74) is 12.8. The molecule has 0 saturated carbocycles. The maximum absolute atomic E-state index is 6.70. The van der Waals surface area contributed by atoms with Crippen LogP contribution in [0.1, 0.15) is 63.3 Å². The molecule has 2 heterocycles. The summed E-state index contributed by atoms with van der Waals surface area (Å²) >= 11 is 6.70. The van der Waals surface area contributed by atoms with Gasteiger partial charge in [0.05, 0.1) is 23.2 Å². The van der Waals surface area contributed by atoms with Crippen LogP contribution in [-0.2, 0) is 12.8 Å². The van der Waals surface area contributed by atoms with Crippen molar-refractivity contribution in [2.45, 2.75) is 65.5 Å². The molecule has 2 aliphatic rings. The van der Waals surface area contributed by atoms with Gasteiger partial charge in [0, 0.05) is 35.6 Å². The summed E-state index contributed by atoms with van der Waals surface area (Å²) in [6.07, 6.45) is 6.98. The Labute approximate surface area is 192 Å². The molecule has 2 N–H and O–H groups in total. The highest BCUT2D eigenvalue weighted by atomic mass is 35.5. The monoisotopic (exact) mass is 440 g/mol. The van der Waals surface area contributed by atoms with Gasteiger partial charge in [-0.15, -0.1) is 0 Å². The van der Waals surface area contributed by atoms with Crippen LogP contribution in [0, 0.1) is 0 Å². The highest BCUT2D eigenvalue weighted by Crippen LogP contribution is 2.34. The molecule has 2 aromatic rings. The van der Waals surface area contributed by atoms with Crippen LogP contribution >= 0.6 is 11.6 Å². The summed E-state index contributed by atoms with van der Waals surface area (Å²) in [6.45, 7) is 17.3. The molecule has 1 aliphatic carbocycles. The smallest absolute Gasteiger partial charge is 0.0949 e. The first-order valence-corrected chi connectivity index (χ1v) is 12.0. The van der Waals surface area contributed by atoms with Crippen LogP contribution in [0.2, 0.25) is 5.02 Å². The van der Waals surface area contributed by atoms with Crippen LogP contribution in [0.4, 0.5) is 0 Å². The number of hydrogen-bond acceptors (Lipinski definition) is 4. The zero-order chi connectivity index (χ0) is 22.5. The van der Waals surface area contributed by atoms with Crippen molar-refractivity contribution in [2.75, 3.05) is 19.6 Å². The van der Waals surface area contributed by atoms with E-state index in [0.29, 0.717) is 0 Å². The number of nitrogens with two attached hydrogens (primary N) is 1. The van der Waals surface area contributed by atoms with Gasteiger partial charge in [-0.3, -0.25) is 4.98 Å². The van der Waals surface area contributed by atoms with Crippen molar-refractivity contribution >= 4 is 28.2 Å². The normalized spacial score (nSPS) is 18.3. The van der Waals surface area contributed by atoms with Crippen molar-refractivity contribution in [3.05, 3.63) is 58.9 Å². The van der Waals surface area contributed by atoms with Crippen molar-refractivity contribution in [3.8, 4) is 0 Å². The minimum absolute atomic E-state index is 0.0984. The summed E-state index contributed by atoms with van der Waals surface area (Å²) in [5, 5.41) is 1.91. The van der Waals surface area contributed by atoms with Crippen LogP contribution in [0.15, 0.2) is 37.1 Å². The summed E-state index contributed by atoms with van der Waals surface area (Å²) < 4.78 is 0. The topological polar surface area (TPSA) is 45.4 Å². The Bertz CT molecular complexity index is 950. The van der Waals surface area contributed by atoms with Crippen LogP contribution in [0.25, 0.3) is 16.6 Å². The van der Waals surface area contributed by atoms with E-state index in [9.17, 15) is 0 Å². The SMILES string of the molecule is C=C(C)N1CCN(C(=C)c2ccc3c(Cl)c4c(nc3c2)CCCC4)C(N)C1.CCCC. The fourth-order valence-electron chi connectivity index (χ4n) is 4.20. The molecule has 1 atom stereocenters. The van der Waals surface area contributed by atoms with Crippen LogP contribution in [0.3, 0.4) is 0 Å². The maximum Gasteiger partial charge on any atom is 0.0949 e. The highest BCUT2D eigenvalue weighted by molar-refractivity contribution is 6.36. The van der Waals surface area contributed by atoms with Gasteiger partial charge in [-0.1, -0.05) is 63.6 Å². The number of piperazine rings is 1. The maximum atomic E-state index is 6.70. The van der Waals surface area contributed by atoms with Gasteiger partial charge in [0.15, 0.2) is 0 Å². The fraction of sp³-hybridized carbons (Fsp3) is 0.500. The average molecular weight is 441 g/mol. The lowest BCUT2D eigenvalue weighted by Crippen LogP contribution is -2.55. The average Bonchev–Trinajstić information content (AvgIpc) is 2.78. The summed E-state index contributed by atoms with van der Waals surface area (Å²) in [6, 6.07) is 6.28. The van der Waals surface area contributed by atoms with Crippen molar-refractivity contribution < 1.29 is 0 Å². The number of benzene rings is 1. The van der Waals surface area contributed by atoms with Gasteiger partial charge in [0.25, 0.3) is 0 Å². The van der Waals surface area contributed by atoms with E-state index in [1.807, 2.05) is 6.92 Å². The molecule has 0 bridgehead atoms. The number of nitrogens with zero attached hydrogens (tertiary/aromatic N) is 3. The number of aryl methyl sites for hydroxylation is 1. The van der Waals surface area contributed by atoms with Crippen LogP contribution in [0.5, 0.6) is 0 Å². The molecule has 1 unspecified atom stereocenters. The number of aromatic nitrogens is 1. The van der Waals surface area contributed by atoms with Crippen molar-refractivity contribution in [1.82, 2.24) is 14.8 Å². The molecule has 0 amide bonds. The molecule has 1 aliphatic heterocycles. The van der Waals surface area contributed by atoms with E-state index in [1.165, 1.54) is 31.2 Å². The largest absolute Gasteiger partial charge is 0.370 e. The summed E-state index contributed by atoms with van der Waals surface area (Å²) in [5.74, 6) is 0. The van der Waals surface area contributed by atoms with E-state index in [4.69, 9.17) is 22.3 Å². The molecule has 4 rings (SSSR count). The standard InChI is InChI=1S/C22H27ClN4.C4H10/c1-14(2)26-10-11-27(21(24)13-26)15(3)16-8-9-18-20(12-16)25-19-7-5-4-6-17(19)22(18)23;1-3-4-2/h8-9,12,21H,1,3-7,10-11,13,24H2,2H3;3-4H2,1-2H3. The van der Waals surface area contributed by atoms with Crippen molar-refractivity contribution in [1.29, 1.82) is 0 Å². The molecule has 4 nitrogen and oxygen atoms in total. The molecule has 1 aromatic heterocycles. The van der Waals surface area contributed by atoms with Gasteiger partial charge in [0.1, 0.15) is 0 Å². The van der Waals surface area contributed by atoms with Crippen molar-refractivity contribution in [2.24, 2.45) is 5.73 Å². The molecule has 1 fully saturated rings. The van der Waals surface area contributed by atoms with E-state index >= 15 is 0 Å². The first-order valence-electron chi connectivity index (χ1n) is 11.6. The third-order valence-electron chi connectivity index (χ3n) is 6.33. The minimum Gasteiger partial charge on any atom is -0.370 e. The van der Waals surface area contributed by atoms with E-state index in [-0.39, 0.29) is 6.17 Å². The fourth-order valence-corrected chi connectivity index (χ4v) is 4.57. The first kappa shape index (κ1) is 23.6. The molecule has 168 valence electrons. The van der Waals surface area contributed by atoms with E-state index in [1.54, 1.807) is 0 Å². The number of pyridine rings is 1. The molecule has 1 aromatic carbocycles. The van der Waals surface area contributed by atoms with Gasteiger partial charge >= 0.3 is 0 Å². The Balaban J connectivity index is 0.000000628.